The van der Waals surface area contributed by atoms with Gasteiger partial charge in [-0.3, -0.25) is 19.5 Å². The van der Waals surface area contributed by atoms with E-state index in [-0.39, 0.29) is 23.3 Å². The fourth-order valence-corrected chi connectivity index (χ4v) is 5.88. The Morgan fingerprint density at radius 3 is 2.56 bits per heavy atom. The zero-order valence-electron chi connectivity index (χ0n) is 20.3. The first-order valence-electron chi connectivity index (χ1n) is 12.3. The number of hydrogen-bond donors (Lipinski definition) is 3. The summed E-state index contributed by atoms with van der Waals surface area (Å²) < 4.78 is 0. The van der Waals surface area contributed by atoms with E-state index in [9.17, 15) is 14.7 Å². The van der Waals surface area contributed by atoms with Crippen LogP contribution in [0.1, 0.15) is 75.8 Å². The Kier molecular flexibility index (Phi) is 7.70. The molecule has 3 atom stereocenters. The fourth-order valence-electron chi connectivity index (χ4n) is 4.78. The lowest BCUT2D eigenvalue weighted by atomic mass is 9.94. The maximum Gasteiger partial charge on any atom is 0.248 e. The summed E-state index contributed by atoms with van der Waals surface area (Å²) in [7, 11) is 0. The summed E-state index contributed by atoms with van der Waals surface area (Å²) in [5.74, 6) is -0.385. The van der Waals surface area contributed by atoms with E-state index in [1.807, 2.05) is 18.2 Å². The van der Waals surface area contributed by atoms with Gasteiger partial charge in [-0.05, 0) is 42.9 Å². The molecular weight excluding hydrogens is 448 g/mol. The van der Waals surface area contributed by atoms with Crippen molar-refractivity contribution in [1.82, 2.24) is 15.6 Å². The Morgan fingerprint density at radius 1 is 1.21 bits per heavy atom. The van der Waals surface area contributed by atoms with E-state index < -0.39 is 18.2 Å². The Balaban J connectivity index is 1.74. The Bertz CT molecular complexity index is 981. The molecule has 3 N–H and O–H groups in total. The van der Waals surface area contributed by atoms with Crippen LogP contribution in [0.25, 0.3) is 0 Å². The molecule has 2 amide bonds. The summed E-state index contributed by atoms with van der Waals surface area (Å²) in [6.07, 6.45) is 8.43. The Hall–Kier alpha value is -2.29. The average molecular weight is 485 g/mol. The molecule has 1 aliphatic heterocycles. The standard InChI is InChI=1S/C26H36N4O3S/c1-26(2,3)21-11-12-22(34-21)30(25(33)20-14-19(31)16-28-20)23(17-8-7-13-27-15-17)24(32)29-18-9-5-4-6-10-18/h7-8,11-13,15,18-20,23,28,31H,4-6,9-10,14,16H2,1-3H3,(H,29,32). The van der Waals surface area contributed by atoms with Gasteiger partial charge in [0, 0.05) is 35.4 Å². The van der Waals surface area contributed by atoms with Gasteiger partial charge < -0.3 is 15.7 Å². The number of carbonyl (C=O) groups is 2. The Morgan fingerprint density at radius 2 is 1.97 bits per heavy atom. The van der Waals surface area contributed by atoms with Crippen molar-refractivity contribution in [2.45, 2.75) is 88.9 Å². The van der Waals surface area contributed by atoms with Crippen LogP contribution in [0.3, 0.4) is 0 Å². The minimum atomic E-state index is -0.839. The number of amides is 2. The van der Waals surface area contributed by atoms with Gasteiger partial charge in [-0.2, -0.15) is 0 Å². The van der Waals surface area contributed by atoms with Crippen LogP contribution in [-0.2, 0) is 15.0 Å². The summed E-state index contributed by atoms with van der Waals surface area (Å²) in [6, 6.07) is 6.37. The number of pyridine rings is 1. The second-order valence-electron chi connectivity index (χ2n) is 10.5. The molecule has 1 saturated heterocycles. The number of rotatable bonds is 6. The third-order valence-corrected chi connectivity index (χ3v) is 8.18. The topological polar surface area (TPSA) is 94.6 Å². The van der Waals surface area contributed by atoms with Crippen molar-refractivity contribution in [3.63, 3.8) is 0 Å². The van der Waals surface area contributed by atoms with Gasteiger partial charge in [0.05, 0.1) is 17.1 Å². The SMILES string of the molecule is CC(C)(C)c1ccc(N(C(=O)C2CC(O)CN2)C(C(=O)NC2CCCCC2)c2cccnc2)s1. The molecule has 0 bridgehead atoms. The average Bonchev–Trinajstić information content (AvgIpc) is 3.47. The predicted molar refractivity (Wildman–Crippen MR) is 135 cm³/mol. The summed E-state index contributed by atoms with van der Waals surface area (Å²) in [6.45, 7) is 6.78. The highest BCUT2D eigenvalue weighted by Gasteiger charge is 2.40. The lowest BCUT2D eigenvalue weighted by molar-refractivity contribution is -0.128. The van der Waals surface area contributed by atoms with Gasteiger partial charge in [-0.15, -0.1) is 11.3 Å². The fraction of sp³-hybridized carbons (Fsp3) is 0.577. The normalized spacial score (nSPS) is 22.4. The van der Waals surface area contributed by atoms with Gasteiger partial charge in [0.2, 0.25) is 11.8 Å². The van der Waals surface area contributed by atoms with Crippen LogP contribution in [0.15, 0.2) is 36.7 Å². The van der Waals surface area contributed by atoms with Gasteiger partial charge >= 0.3 is 0 Å². The number of β-amino-alcohol motifs (C(OH)–C–C–N with tert-alkyl or cyclic N) is 1. The van der Waals surface area contributed by atoms with E-state index in [2.05, 4.69) is 36.4 Å². The second-order valence-corrected chi connectivity index (χ2v) is 11.5. The van der Waals surface area contributed by atoms with Gasteiger partial charge in [-0.1, -0.05) is 46.1 Å². The van der Waals surface area contributed by atoms with Crippen molar-refractivity contribution in [3.8, 4) is 0 Å². The molecule has 2 aromatic rings. The van der Waals surface area contributed by atoms with Crippen LogP contribution >= 0.6 is 11.3 Å². The minimum Gasteiger partial charge on any atom is -0.392 e. The zero-order chi connectivity index (χ0) is 24.3. The third-order valence-electron chi connectivity index (χ3n) is 6.67. The van der Waals surface area contributed by atoms with Crippen LogP contribution in [-0.4, -0.2) is 46.6 Å². The van der Waals surface area contributed by atoms with Crippen LogP contribution in [0.5, 0.6) is 0 Å². The van der Waals surface area contributed by atoms with Gasteiger partial charge in [-0.25, -0.2) is 0 Å². The molecule has 184 valence electrons. The van der Waals surface area contributed by atoms with Gasteiger partial charge in [0.15, 0.2) is 0 Å². The first-order valence-corrected chi connectivity index (χ1v) is 13.1. The highest BCUT2D eigenvalue weighted by Crippen LogP contribution is 2.39. The summed E-state index contributed by atoms with van der Waals surface area (Å²) >= 11 is 1.54. The maximum atomic E-state index is 13.9. The van der Waals surface area contributed by atoms with Crippen molar-refractivity contribution >= 4 is 28.2 Å². The molecule has 2 aromatic heterocycles. The van der Waals surface area contributed by atoms with Gasteiger partial charge in [0.1, 0.15) is 6.04 Å². The highest BCUT2D eigenvalue weighted by molar-refractivity contribution is 7.16. The molecule has 8 heteroatoms. The van der Waals surface area contributed by atoms with Crippen molar-refractivity contribution in [1.29, 1.82) is 0 Å². The molecule has 0 spiro atoms. The molecule has 3 unspecified atom stereocenters. The number of nitrogens with zero attached hydrogens (tertiary/aromatic N) is 2. The molecule has 2 aliphatic rings. The Labute approximate surface area is 206 Å². The summed E-state index contributed by atoms with van der Waals surface area (Å²) in [5.41, 5.74) is 0.599. The molecule has 4 rings (SSSR count). The van der Waals surface area contributed by atoms with Crippen LogP contribution < -0.4 is 15.5 Å². The lowest BCUT2D eigenvalue weighted by Gasteiger charge is -2.34. The van der Waals surface area contributed by atoms with Crippen LogP contribution in [0.4, 0.5) is 5.00 Å². The van der Waals surface area contributed by atoms with Crippen molar-refractivity contribution < 1.29 is 14.7 Å². The number of nitrogens with one attached hydrogen (secondary N) is 2. The number of aliphatic hydroxyl groups excluding tert-OH is 1. The number of thiophene rings is 1. The molecule has 0 radical (unpaired) electrons. The van der Waals surface area contributed by atoms with E-state index in [0.29, 0.717) is 18.5 Å². The number of hydrogen-bond acceptors (Lipinski definition) is 6. The quantitative estimate of drug-likeness (QED) is 0.581. The zero-order valence-corrected chi connectivity index (χ0v) is 21.1. The lowest BCUT2D eigenvalue weighted by Crippen LogP contribution is -2.51. The molecule has 7 nitrogen and oxygen atoms in total. The minimum absolute atomic E-state index is 0.0758. The molecular formula is C26H36N4O3S. The van der Waals surface area contributed by atoms with Crippen molar-refractivity contribution in [3.05, 3.63) is 47.1 Å². The smallest absolute Gasteiger partial charge is 0.248 e. The number of aromatic nitrogens is 1. The van der Waals surface area contributed by atoms with Gasteiger partial charge in [0.25, 0.3) is 0 Å². The largest absolute Gasteiger partial charge is 0.392 e. The first-order chi connectivity index (χ1) is 16.2. The van der Waals surface area contributed by atoms with E-state index in [1.54, 1.807) is 23.4 Å². The highest BCUT2D eigenvalue weighted by atomic mass is 32.1. The predicted octanol–water partition coefficient (Wildman–Crippen LogP) is 3.69. The number of aliphatic hydroxyl groups is 1. The number of carbonyl (C=O) groups excluding carboxylic acids is 2. The van der Waals surface area contributed by atoms with E-state index >= 15 is 0 Å². The molecule has 0 aromatic carbocycles. The molecule has 2 fully saturated rings. The van der Waals surface area contributed by atoms with Crippen LogP contribution in [0.2, 0.25) is 0 Å². The summed E-state index contributed by atoms with van der Waals surface area (Å²) in [4.78, 5) is 34.8. The first kappa shape index (κ1) is 24.8. The maximum absolute atomic E-state index is 13.9. The third kappa shape index (κ3) is 5.67. The van der Waals surface area contributed by atoms with Crippen LogP contribution in [0, 0.1) is 0 Å². The van der Waals surface area contributed by atoms with E-state index in [4.69, 9.17) is 0 Å². The summed E-state index contributed by atoms with van der Waals surface area (Å²) in [5, 5.41) is 17.2. The number of anilines is 1. The van der Waals surface area contributed by atoms with E-state index in [1.165, 1.54) is 17.8 Å². The van der Waals surface area contributed by atoms with Crippen molar-refractivity contribution in [2.24, 2.45) is 0 Å². The molecule has 1 aliphatic carbocycles. The second kappa shape index (κ2) is 10.5. The molecule has 3 heterocycles. The monoisotopic (exact) mass is 484 g/mol. The molecule has 1 saturated carbocycles. The van der Waals surface area contributed by atoms with Crippen molar-refractivity contribution in [2.75, 3.05) is 11.4 Å². The van der Waals surface area contributed by atoms with E-state index in [0.717, 1.165) is 35.6 Å². The molecule has 34 heavy (non-hydrogen) atoms.